The van der Waals surface area contributed by atoms with E-state index in [1.54, 1.807) is 12.3 Å². The average Bonchev–Trinajstić information content (AvgIpc) is 2.83. The Hall–Kier alpha value is -2.75. The monoisotopic (exact) mass is 339 g/mol. The van der Waals surface area contributed by atoms with Crippen molar-refractivity contribution in [3.05, 3.63) is 35.7 Å². The summed E-state index contributed by atoms with van der Waals surface area (Å²) in [6.45, 7) is 4.55. The SMILES string of the molecule is CC(C)Oc1cncc(C(=O)[C@@H](C#N)c2nnc3n2CCCCC3)c1. The van der Waals surface area contributed by atoms with Gasteiger partial charge in [0.1, 0.15) is 11.6 Å². The van der Waals surface area contributed by atoms with Gasteiger partial charge in [0.25, 0.3) is 0 Å². The van der Waals surface area contributed by atoms with Crippen molar-refractivity contribution in [1.29, 1.82) is 5.26 Å². The minimum absolute atomic E-state index is 0.0221. The zero-order chi connectivity index (χ0) is 17.8. The van der Waals surface area contributed by atoms with E-state index in [4.69, 9.17) is 4.74 Å². The van der Waals surface area contributed by atoms with E-state index >= 15 is 0 Å². The van der Waals surface area contributed by atoms with Crippen LogP contribution < -0.4 is 4.74 Å². The third-order valence-corrected chi connectivity index (χ3v) is 4.16. The molecule has 0 bridgehead atoms. The topological polar surface area (TPSA) is 93.7 Å². The third-order valence-electron chi connectivity index (χ3n) is 4.16. The molecule has 0 unspecified atom stereocenters. The van der Waals surface area contributed by atoms with Gasteiger partial charge in [-0.25, -0.2) is 0 Å². The summed E-state index contributed by atoms with van der Waals surface area (Å²) in [5.74, 6) is 0.479. The molecule has 0 amide bonds. The number of aryl methyl sites for hydroxylation is 1. The summed E-state index contributed by atoms with van der Waals surface area (Å²) in [4.78, 5) is 16.9. The maximum absolute atomic E-state index is 12.9. The van der Waals surface area contributed by atoms with Crippen molar-refractivity contribution in [1.82, 2.24) is 19.7 Å². The molecule has 0 radical (unpaired) electrons. The fraction of sp³-hybridized carbons (Fsp3) is 0.500. The zero-order valence-electron chi connectivity index (χ0n) is 14.5. The lowest BCUT2D eigenvalue weighted by Gasteiger charge is -2.12. The molecule has 7 nitrogen and oxygen atoms in total. The van der Waals surface area contributed by atoms with Gasteiger partial charge < -0.3 is 9.30 Å². The van der Waals surface area contributed by atoms with Crippen molar-refractivity contribution in [2.45, 2.75) is 58.1 Å². The summed E-state index contributed by atoms with van der Waals surface area (Å²) >= 11 is 0. The normalized spacial score (nSPS) is 15.1. The van der Waals surface area contributed by atoms with Gasteiger partial charge in [-0.1, -0.05) is 6.42 Å². The highest BCUT2D eigenvalue weighted by molar-refractivity contribution is 6.02. The molecule has 0 aliphatic carbocycles. The number of hydrogen-bond acceptors (Lipinski definition) is 6. The number of carbonyl (C=O) groups is 1. The molecule has 0 aromatic carbocycles. The zero-order valence-corrected chi connectivity index (χ0v) is 14.5. The van der Waals surface area contributed by atoms with Crippen LogP contribution in [-0.4, -0.2) is 31.6 Å². The molecule has 1 aliphatic rings. The van der Waals surface area contributed by atoms with Gasteiger partial charge in [-0.2, -0.15) is 5.26 Å². The van der Waals surface area contributed by atoms with Crippen molar-refractivity contribution in [3.8, 4) is 11.8 Å². The van der Waals surface area contributed by atoms with E-state index in [1.807, 2.05) is 18.4 Å². The third kappa shape index (κ3) is 3.68. The first-order valence-electron chi connectivity index (χ1n) is 8.57. The second kappa shape index (κ2) is 7.43. The first kappa shape index (κ1) is 17.1. The van der Waals surface area contributed by atoms with Crippen LogP contribution in [0.3, 0.4) is 0 Å². The largest absolute Gasteiger partial charge is 0.489 e. The number of ether oxygens (including phenoxy) is 1. The second-order valence-corrected chi connectivity index (χ2v) is 6.44. The maximum Gasteiger partial charge on any atom is 0.189 e. The van der Waals surface area contributed by atoms with Gasteiger partial charge in [-0.3, -0.25) is 9.78 Å². The van der Waals surface area contributed by atoms with Gasteiger partial charge in [0.15, 0.2) is 17.5 Å². The molecule has 25 heavy (non-hydrogen) atoms. The van der Waals surface area contributed by atoms with Crippen LogP contribution in [0.4, 0.5) is 0 Å². The summed E-state index contributed by atoms with van der Waals surface area (Å²) in [5, 5.41) is 17.9. The molecule has 2 aromatic heterocycles. The lowest BCUT2D eigenvalue weighted by molar-refractivity contribution is 0.0973. The van der Waals surface area contributed by atoms with Crippen LogP contribution in [0.1, 0.15) is 61.0 Å². The molecule has 1 aliphatic heterocycles. The van der Waals surface area contributed by atoms with Crippen molar-refractivity contribution in [2.75, 3.05) is 0 Å². The van der Waals surface area contributed by atoms with E-state index in [1.165, 1.54) is 6.20 Å². The highest BCUT2D eigenvalue weighted by Gasteiger charge is 2.29. The van der Waals surface area contributed by atoms with Gasteiger partial charge in [0.05, 0.1) is 18.4 Å². The van der Waals surface area contributed by atoms with E-state index in [0.717, 1.165) is 38.1 Å². The highest BCUT2D eigenvalue weighted by atomic mass is 16.5. The van der Waals surface area contributed by atoms with Crippen LogP contribution >= 0.6 is 0 Å². The Balaban J connectivity index is 1.90. The Morgan fingerprint density at radius 3 is 2.88 bits per heavy atom. The van der Waals surface area contributed by atoms with Gasteiger partial charge in [-0.15, -0.1) is 10.2 Å². The van der Waals surface area contributed by atoms with Crippen LogP contribution in [0.2, 0.25) is 0 Å². The molecule has 0 fully saturated rings. The predicted octanol–water partition coefficient (Wildman–Crippen LogP) is 2.68. The average molecular weight is 339 g/mol. The van der Waals surface area contributed by atoms with E-state index < -0.39 is 5.92 Å². The minimum atomic E-state index is -0.990. The van der Waals surface area contributed by atoms with Crippen LogP contribution in [-0.2, 0) is 13.0 Å². The number of fused-ring (bicyclic) bond motifs is 1. The molecule has 1 atom stereocenters. The van der Waals surface area contributed by atoms with Crippen molar-refractivity contribution >= 4 is 5.78 Å². The van der Waals surface area contributed by atoms with Crippen LogP contribution in [0.5, 0.6) is 5.75 Å². The number of hydrogen-bond donors (Lipinski definition) is 0. The molecule has 7 heteroatoms. The van der Waals surface area contributed by atoms with Crippen molar-refractivity contribution < 1.29 is 9.53 Å². The molecule has 3 rings (SSSR count). The number of pyridine rings is 1. The molecule has 0 saturated heterocycles. The molecule has 3 heterocycles. The quantitative estimate of drug-likeness (QED) is 0.777. The molecule has 0 N–H and O–H groups in total. The summed E-state index contributed by atoms with van der Waals surface area (Å²) in [6, 6.07) is 3.72. The fourth-order valence-corrected chi connectivity index (χ4v) is 3.01. The standard InChI is InChI=1S/C18H21N5O2/c1-12(2)25-14-8-13(10-20-11-14)17(24)15(9-19)18-22-21-16-6-4-3-5-7-23(16)18/h8,10-12,15H,3-7H2,1-2H3/t15-/m1/s1. The van der Waals surface area contributed by atoms with E-state index in [2.05, 4.69) is 21.3 Å². The van der Waals surface area contributed by atoms with Crippen molar-refractivity contribution in [2.24, 2.45) is 0 Å². The van der Waals surface area contributed by atoms with Gasteiger partial charge in [-0.05, 0) is 32.8 Å². The number of nitrogens with zero attached hydrogens (tertiary/aromatic N) is 5. The van der Waals surface area contributed by atoms with Gasteiger partial charge in [0.2, 0.25) is 0 Å². The number of aromatic nitrogens is 4. The number of ketones is 1. The number of carbonyl (C=O) groups excluding carboxylic acids is 1. The number of Topliss-reactive ketones (excluding diaryl/α,β-unsaturated/α-hetero) is 1. The van der Waals surface area contributed by atoms with Crippen LogP contribution in [0.25, 0.3) is 0 Å². The highest BCUT2D eigenvalue weighted by Crippen LogP contribution is 2.24. The minimum Gasteiger partial charge on any atom is -0.489 e. The van der Waals surface area contributed by atoms with Crippen molar-refractivity contribution in [3.63, 3.8) is 0 Å². The molecule has 130 valence electrons. The Kier molecular flexibility index (Phi) is 5.08. The number of nitriles is 1. The van der Waals surface area contributed by atoms with E-state index in [0.29, 0.717) is 17.1 Å². The second-order valence-electron chi connectivity index (χ2n) is 6.44. The summed E-state index contributed by atoms with van der Waals surface area (Å²) < 4.78 is 7.52. The van der Waals surface area contributed by atoms with Crippen LogP contribution in [0, 0.1) is 11.3 Å². The number of rotatable bonds is 5. The first-order valence-corrected chi connectivity index (χ1v) is 8.57. The Labute approximate surface area is 146 Å². The lowest BCUT2D eigenvalue weighted by atomic mass is 9.99. The fourth-order valence-electron chi connectivity index (χ4n) is 3.01. The molecule has 0 spiro atoms. The van der Waals surface area contributed by atoms with Gasteiger partial charge >= 0.3 is 0 Å². The van der Waals surface area contributed by atoms with E-state index in [-0.39, 0.29) is 11.9 Å². The molecule has 0 saturated carbocycles. The Morgan fingerprint density at radius 2 is 2.12 bits per heavy atom. The summed E-state index contributed by atoms with van der Waals surface area (Å²) in [5.41, 5.74) is 0.343. The predicted molar refractivity (Wildman–Crippen MR) is 90.3 cm³/mol. The van der Waals surface area contributed by atoms with Gasteiger partial charge in [0, 0.05) is 24.7 Å². The molecule has 2 aromatic rings. The first-order chi connectivity index (χ1) is 12.1. The van der Waals surface area contributed by atoms with Crippen LogP contribution in [0.15, 0.2) is 18.5 Å². The summed E-state index contributed by atoms with van der Waals surface area (Å²) in [7, 11) is 0. The molecular formula is C18H21N5O2. The van der Waals surface area contributed by atoms with E-state index in [9.17, 15) is 10.1 Å². The summed E-state index contributed by atoms with van der Waals surface area (Å²) in [6.07, 6.45) is 7.00. The molecular weight excluding hydrogens is 318 g/mol. The maximum atomic E-state index is 12.9. The smallest absolute Gasteiger partial charge is 0.189 e. The Bertz CT molecular complexity index is 806. The Morgan fingerprint density at radius 1 is 1.28 bits per heavy atom. The lowest BCUT2D eigenvalue weighted by Crippen LogP contribution is -2.18.